The van der Waals surface area contributed by atoms with Gasteiger partial charge in [0, 0.05) is 37.3 Å². The third-order valence-electron chi connectivity index (χ3n) is 4.89. The van der Waals surface area contributed by atoms with Crippen molar-refractivity contribution in [3.8, 4) is 0 Å². The lowest BCUT2D eigenvalue weighted by Crippen LogP contribution is -2.48. The lowest BCUT2D eigenvalue weighted by Gasteiger charge is -2.42. The summed E-state index contributed by atoms with van der Waals surface area (Å²) in [4.78, 5) is 23.0. The first-order valence-corrected chi connectivity index (χ1v) is 8.52. The number of carbonyl (C=O) groups excluding carboxylic acids is 1. The molecule has 0 aliphatic carbocycles. The molecule has 4 heterocycles. The van der Waals surface area contributed by atoms with Gasteiger partial charge in [-0.2, -0.15) is 0 Å². The van der Waals surface area contributed by atoms with Crippen LogP contribution in [0, 0.1) is 0 Å². The molecule has 2 atom stereocenters. The van der Waals surface area contributed by atoms with Crippen molar-refractivity contribution in [2.45, 2.75) is 44.1 Å². The highest BCUT2D eigenvalue weighted by atomic mass is 79.9. The second-order valence-electron chi connectivity index (χ2n) is 6.16. The van der Waals surface area contributed by atoms with Crippen LogP contribution in [0.25, 0.3) is 5.52 Å². The fourth-order valence-electron chi connectivity index (χ4n) is 3.81. The van der Waals surface area contributed by atoms with Crippen LogP contribution in [0.5, 0.6) is 0 Å². The van der Waals surface area contributed by atoms with E-state index in [1.54, 1.807) is 6.20 Å². The molecule has 0 aromatic carbocycles. The molecule has 2 aliphatic heterocycles. The summed E-state index contributed by atoms with van der Waals surface area (Å²) in [6.07, 6.45) is 8.56. The first-order valence-electron chi connectivity index (χ1n) is 7.72. The fraction of sp³-hybridized carbons (Fsp3) is 0.533. The molecule has 2 aromatic rings. The number of imidazole rings is 1. The average molecular weight is 364 g/mol. The van der Waals surface area contributed by atoms with Gasteiger partial charge in [0.1, 0.15) is 15.9 Å². The van der Waals surface area contributed by atoms with E-state index in [9.17, 15) is 4.79 Å². The van der Waals surface area contributed by atoms with E-state index in [-0.39, 0.29) is 5.92 Å². The number of nitrogens with two attached hydrogens (primary N) is 1. The van der Waals surface area contributed by atoms with Gasteiger partial charge in [-0.05, 0) is 41.6 Å². The Balaban J connectivity index is 1.71. The largest absolute Gasteiger partial charge is 0.382 e. The van der Waals surface area contributed by atoms with E-state index in [2.05, 4.69) is 30.8 Å². The molecule has 0 spiro atoms. The number of fused-ring (bicyclic) bond motifs is 2. The fourth-order valence-corrected chi connectivity index (χ4v) is 4.38. The quantitative estimate of drug-likeness (QED) is 0.843. The monoisotopic (exact) mass is 363 g/mol. The Bertz CT molecular complexity index is 743. The first-order chi connectivity index (χ1) is 10.6. The lowest BCUT2D eigenvalue weighted by molar-refractivity contribution is -0.138. The van der Waals surface area contributed by atoms with Crippen molar-refractivity contribution in [2.24, 2.45) is 0 Å². The number of aromatic nitrogens is 3. The first kappa shape index (κ1) is 14.0. The molecular weight excluding hydrogens is 346 g/mol. The molecule has 0 radical (unpaired) electrons. The minimum Gasteiger partial charge on any atom is -0.382 e. The van der Waals surface area contributed by atoms with E-state index in [0.717, 1.165) is 48.2 Å². The lowest BCUT2D eigenvalue weighted by atomic mass is 9.87. The normalized spacial score (nSPS) is 25.5. The molecule has 1 unspecified atom stereocenters. The summed E-state index contributed by atoms with van der Waals surface area (Å²) < 4.78 is 2.73. The van der Waals surface area contributed by atoms with E-state index >= 15 is 0 Å². The average Bonchev–Trinajstić information content (AvgIpc) is 2.86. The van der Waals surface area contributed by atoms with Gasteiger partial charge in [-0.3, -0.25) is 9.20 Å². The van der Waals surface area contributed by atoms with Gasteiger partial charge in [-0.25, -0.2) is 9.97 Å². The molecule has 0 saturated carbocycles. The predicted molar refractivity (Wildman–Crippen MR) is 86.4 cm³/mol. The zero-order valence-electron chi connectivity index (χ0n) is 12.2. The smallest absolute Gasteiger partial charge is 0.222 e. The summed E-state index contributed by atoms with van der Waals surface area (Å²) in [6, 6.07) is 0.430. The van der Waals surface area contributed by atoms with Gasteiger partial charge in [0.25, 0.3) is 0 Å². The maximum atomic E-state index is 12.2. The van der Waals surface area contributed by atoms with Crippen molar-refractivity contribution < 1.29 is 4.79 Å². The van der Waals surface area contributed by atoms with Crippen LogP contribution in [0.2, 0.25) is 0 Å². The summed E-state index contributed by atoms with van der Waals surface area (Å²) in [6.45, 7) is 0.761. The summed E-state index contributed by atoms with van der Waals surface area (Å²) in [7, 11) is 0. The van der Waals surface area contributed by atoms with E-state index < -0.39 is 0 Å². The van der Waals surface area contributed by atoms with Gasteiger partial charge in [-0.1, -0.05) is 0 Å². The van der Waals surface area contributed by atoms with Crippen molar-refractivity contribution in [2.75, 3.05) is 12.3 Å². The van der Waals surface area contributed by atoms with Crippen LogP contribution in [-0.2, 0) is 4.79 Å². The summed E-state index contributed by atoms with van der Waals surface area (Å²) in [5.74, 6) is 1.98. The van der Waals surface area contributed by atoms with Gasteiger partial charge >= 0.3 is 0 Å². The number of piperidine rings is 2. The number of carbonyl (C=O) groups is 1. The van der Waals surface area contributed by atoms with E-state index in [4.69, 9.17) is 5.73 Å². The minimum absolute atomic E-state index is 0.249. The SMILES string of the molecule is Nc1nccn2c(C3CC[C@@H]4CCCC(=O)N4C3)nc(Br)c12. The minimum atomic E-state index is 0.249. The Morgan fingerprint density at radius 2 is 2.18 bits per heavy atom. The molecule has 2 aromatic heterocycles. The Kier molecular flexibility index (Phi) is 3.32. The molecule has 2 saturated heterocycles. The zero-order valence-corrected chi connectivity index (χ0v) is 13.8. The number of hydrogen-bond donors (Lipinski definition) is 1. The maximum Gasteiger partial charge on any atom is 0.222 e. The zero-order chi connectivity index (χ0) is 15.3. The van der Waals surface area contributed by atoms with Gasteiger partial charge < -0.3 is 10.6 Å². The molecule has 4 rings (SSSR count). The third kappa shape index (κ3) is 2.10. The Labute approximate surface area is 136 Å². The molecule has 0 bridgehead atoms. The standard InChI is InChI=1S/C15H18BrN5O/c16-13-12-14(17)18-6-7-20(12)15(19-13)9-4-5-10-2-1-3-11(22)21(10)8-9/h6-7,9-10H,1-5,8H2,(H2,17,18)/t9?,10-/m0/s1. The van der Waals surface area contributed by atoms with Crippen LogP contribution in [0.15, 0.2) is 17.0 Å². The van der Waals surface area contributed by atoms with Crippen molar-refractivity contribution in [3.05, 3.63) is 22.8 Å². The number of rotatable bonds is 1. The number of halogens is 1. The molecule has 1 amide bonds. The molecule has 116 valence electrons. The van der Waals surface area contributed by atoms with E-state index in [1.807, 2.05) is 10.6 Å². The number of anilines is 1. The van der Waals surface area contributed by atoms with E-state index in [0.29, 0.717) is 24.2 Å². The number of nitrogen functional groups attached to an aromatic ring is 1. The molecule has 2 fully saturated rings. The van der Waals surface area contributed by atoms with Crippen LogP contribution in [0.3, 0.4) is 0 Å². The van der Waals surface area contributed by atoms with Crippen LogP contribution in [0.1, 0.15) is 43.8 Å². The molecule has 7 heteroatoms. The number of amides is 1. The van der Waals surface area contributed by atoms with Crippen molar-refractivity contribution in [3.63, 3.8) is 0 Å². The van der Waals surface area contributed by atoms with Gasteiger partial charge in [0.05, 0.1) is 0 Å². The van der Waals surface area contributed by atoms with Crippen LogP contribution in [0.4, 0.5) is 5.82 Å². The molecule has 22 heavy (non-hydrogen) atoms. The topological polar surface area (TPSA) is 76.5 Å². The molecule has 2 N–H and O–H groups in total. The van der Waals surface area contributed by atoms with Crippen molar-refractivity contribution >= 4 is 33.2 Å². The van der Waals surface area contributed by atoms with Crippen molar-refractivity contribution in [1.29, 1.82) is 0 Å². The number of nitrogens with zero attached hydrogens (tertiary/aromatic N) is 4. The van der Waals surface area contributed by atoms with Gasteiger partial charge in [0.2, 0.25) is 5.91 Å². The second kappa shape index (κ2) is 5.22. The second-order valence-corrected chi connectivity index (χ2v) is 6.91. The van der Waals surface area contributed by atoms with Crippen LogP contribution < -0.4 is 5.73 Å². The van der Waals surface area contributed by atoms with Gasteiger partial charge in [-0.15, -0.1) is 0 Å². The number of hydrogen-bond acceptors (Lipinski definition) is 4. The van der Waals surface area contributed by atoms with Gasteiger partial charge in [0.15, 0.2) is 5.82 Å². The summed E-state index contributed by atoms with van der Waals surface area (Å²) >= 11 is 3.48. The maximum absolute atomic E-state index is 12.2. The van der Waals surface area contributed by atoms with Crippen molar-refractivity contribution in [1.82, 2.24) is 19.3 Å². The predicted octanol–water partition coefficient (Wildman–Crippen LogP) is 2.33. The Morgan fingerprint density at radius 3 is 3.05 bits per heavy atom. The summed E-state index contributed by atoms with van der Waals surface area (Å²) in [5.41, 5.74) is 6.77. The molecule has 2 aliphatic rings. The van der Waals surface area contributed by atoms with Crippen LogP contribution in [-0.4, -0.2) is 37.8 Å². The Morgan fingerprint density at radius 1 is 1.32 bits per heavy atom. The Hall–Kier alpha value is -1.63. The third-order valence-corrected chi connectivity index (χ3v) is 5.44. The highest BCUT2D eigenvalue weighted by Crippen LogP contribution is 2.36. The molecular formula is C15H18BrN5O. The summed E-state index contributed by atoms with van der Waals surface area (Å²) in [5, 5.41) is 0. The van der Waals surface area contributed by atoms with Crippen LogP contribution >= 0.6 is 15.9 Å². The van der Waals surface area contributed by atoms with E-state index in [1.165, 1.54) is 0 Å². The highest BCUT2D eigenvalue weighted by Gasteiger charge is 2.36. The highest BCUT2D eigenvalue weighted by molar-refractivity contribution is 9.10. The molecule has 6 nitrogen and oxygen atoms in total.